The van der Waals surface area contributed by atoms with Crippen LogP contribution in [0.3, 0.4) is 0 Å². The Bertz CT molecular complexity index is 1240. The van der Waals surface area contributed by atoms with Crippen LogP contribution in [0.25, 0.3) is 0 Å². The number of para-hydroxylation sites is 1. The normalized spacial score (nSPS) is 11.0. The Balaban J connectivity index is 1.73. The van der Waals surface area contributed by atoms with Crippen molar-refractivity contribution in [1.82, 2.24) is 0 Å². The SMILES string of the molecule is Cc1cc(S(=O)(=O)Nc2ccc(C(=O)Nc3ccccc3CC(N)=O)cc2)ccc1F. The van der Waals surface area contributed by atoms with Crippen molar-refractivity contribution in [3.8, 4) is 0 Å². The highest BCUT2D eigenvalue weighted by atomic mass is 32.2. The van der Waals surface area contributed by atoms with Gasteiger partial charge in [0.25, 0.3) is 15.9 Å². The number of rotatable bonds is 7. The molecule has 0 saturated heterocycles. The molecule has 0 aliphatic heterocycles. The highest BCUT2D eigenvalue weighted by Gasteiger charge is 2.16. The van der Waals surface area contributed by atoms with Crippen LogP contribution in [0.4, 0.5) is 15.8 Å². The summed E-state index contributed by atoms with van der Waals surface area (Å²) in [5.74, 6) is -1.44. The van der Waals surface area contributed by atoms with Crippen LogP contribution in [-0.2, 0) is 21.2 Å². The first-order valence-corrected chi connectivity index (χ1v) is 10.7. The van der Waals surface area contributed by atoms with Gasteiger partial charge in [-0.15, -0.1) is 0 Å². The standard InChI is InChI=1S/C22H20FN3O4S/c1-14-12-18(10-11-19(14)23)31(29,30)26-17-8-6-15(7-9-17)22(28)25-20-5-3-2-4-16(20)13-21(24)27/h2-12,26H,13H2,1H3,(H2,24,27)(H,25,28). The molecular weight excluding hydrogens is 421 g/mol. The van der Waals surface area contributed by atoms with E-state index in [4.69, 9.17) is 5.73 Å². The van der Waals surface area contributed by atoms with Crippen molar-refractivity contribution < 1.29 is 22.4 Å². The van der Waals surface area contributed by atoms with Gasteiger partial charge in [-0.2, -0.15) is 0 Å². The van der Waals surface area contributed by atoms with E-state index in [1.807, 2.05) is 0 Å². The molecule has 9 heteroatoms. The van der Waals surface area contributed by atoms with Crippen molar-refractivity contribution >= 4 is 33.2 Å². The number of sulfonamides is 1. The lowest BCUT2D eigenvalue weighted by Gasteiger charge is -2.11. The minimum atomic E-state index is -3.91. The summed E-state index contributed by atoms with van der Waals surface area (Å²) in [7, 11) is -3.91. The number of hydrogen-bond donors (Lipinski definition) is 3. The molecule has 2 amide bonds. The van der Waals surface area contributed by atoms with E-state index in [-0.39, 0.29) is 28.1 Å². The number of primary amides is 1. The largest absolute Gasteiger partial charge is 0.369 e. The number of anilines is 2. The first-order chi connectivity index (χ1) is 14.7. The Hall–Kier alpha value is -3.72. The Morgan fingerprint density at radius 1 is 1.00 bits per heavy atom. The molecule has 0 aliphatic rings. The molecule has 0 spiro atoms. The molecule has 0 radical (unpaired) electrons. The van der Waals surface area contributed by atoms with Gasteiger partial charge in [0, 0.05) is 16.9 Å². The van der Waals surface area contributed by atoms with Crippen molar-refractivity contribution in [2.45, 2.75) is 18.2 Å². The van der Waals surface area contributed by atoms with E-state index < -0.39 is 27.7 Å². The number of nitrogens with one attached hydrogen (secondary N) is 2. The number of amides is 2. The zero-order chi connectivity index (χ0) is 22.6. The van der Waals surface area contributed by atoms with Gasteiger partial charge in [-0.05, 0) is 66.6 Å². The van der Waals surface area contributed by atoms with E-state index in [1.165, 1.54) is 43.3 Å². The van der Waals surface area contributed by atoms with Crippen molar-refractivity contribution in [1.29, 1.82) is 0 Å². The fourth-order valence-electron chi connectivity index (χ4n) is 2.87. The van der Waals surface area contributed by atoms with Crippen LogP contribution in [-0.4, -0.2) is 20.2 Å². The second kappa shape index (κ2) is 8.97. The number of benzene rings is 3. The Kier molecular flexibility index (Phi) is 6.36. The molecule has 160 valence electrons. The summed E-state index contributed by atoms with van der Waals surface area (Å²) in [6.45, 7) is 1.48. The van der Waals surface area contributed by atoms with E-state index in [9.17, 15) is 22.4 Å². The maximum atomic E-state index is 13.4. The number of aryl methyl sites for hydroxylation is 1. The first-order valence-electron chi connectivity index (χ1n) is 9.22. The molecule has 0 heterocycles. The van der Waals surface area contributed by atoms with Crippen LogP contribution in [0.15, 0.2) is 71.6 Å². The average Bonchev–Trinajstić information content (AvgIpc) is 2.71. The summed E-state index contributed by atoms with van der Waals surface area (Å²) in [5.41, 5.74) is 7.02. The maximum Gasteiger partial charge on any atom is 0.261 e. The zero-order valence-electron chi connectivity index (χ0n) is 16.6. The summed E-state index contributed by atoms with van der Waals surface area (Å²) in [5, 5.41) is 2.72. The van der Waals surface area contributed by atoms with Crippen LogP contribution in [0.1, 0.15) is 21.5 Å². The summed E-state index contributed by atoms with van der Waals surface area (Å²) in [6, 6.07) is 16.1. The molecule has 0 aliphatic carbocycles. The van der Waals surface area contributed by atoms with Gasteiger partial charge in [0.15, 0.2) is 0 Å². The highest BCUT2D eigenvalue weighted by molar-refractivity contribution is 7.92. The van der Waals surface area contributed by atoms with Crippen LogP contribution in [0.5, 0.6) is 0 Å². The molecule has 0 unspecified atom stereocenters. The molecule has 3 aromatic rings. The van der Waals surface area contributed by atoms with Gasteiger partial charge in [0.2, 0.25) is 5.91 Å². The lowest BCUT2D eigenvalue weighted by molar-refractivity contribution is -0.117. The minimum Gasteiger partial charge on any atom is -0.369 e. The smallest absolute Gasteiger partial charge is 0.261 e. The van der Waals surface area contributed by atoms with Crippen molar-refractivity contribution in [3.63, 3.8) is 0 Å². The lowest BCUT2D eigenvalue weighted by atomic mass is 10.1. The van der Waals surface area contributed by atoms with Crippen LogP contribution >= 0.6 is 0 Å². The van der Waals surface area contributed by atoms with Crippen molar-refractivity contribution in [3.05, 3.63) is 89.2 Å². The quantitative estimate of drug-likeness (QED) is 0.522. The number of hydrogen-bond acceptors (Lipinski definition) is 4. The fourth-order valence-corrected chi connectivity index (χ4v) is 4.01. The molecule has 0 bridgehead atoms. The van der Waals surface area contributed by atoms with E-state index >= 15 is 0 Å². The second-order valence-electron chi connectivity index (χ2n) is 6.85. The molecule has 3 rings (SSSR count). The predicted octanol–water partition coefficient (Wildman–Crippen LogP) is 3.22. The molecule has 3 aromatic carbocycles. The Labute approximate surface area is 179 Å². The van der Waals surface area contributed by atoms with E-state index in [1.54, 1.807) is 24.3 Å². The zero-order valence-corrected chi connectivity index (χ0v) is 17.4. The van der Waals surface area contributed by atoms with E-state index in [2.05, 4.69) is 10.0 Å². The molecular formula is C22H20FN3O4S. The van der Waals surface area contributed by atoms with Gasteiger partial charge >= 0.3 is 0 Å². The van der Waals surface area contributed by atoms with Crippen LogP contribution in [0, 0.1) is 12.7 Å². The van der Waals surface area contributed by atoms with E-state index in [0.29, 0.717) is 11.3 Å². The average molecular weight is 441 g/mol. The van der Waals surface area contributed by atoms with Gasteiger partial charge in [-0.25, -0.2) is 12.8 Å². The fraction of sp³-hybridized carbons (Fsp3) is 0.0909. The molecule has 0 aromatic heterocycles. The minimum absolute atomic E-state index is 0.0139. The monoisotopic (exact) mass is 441 g/mol. The van der Waals surface area contributed by atoms with Crippen LogP contribution in [0.2, 0.25) is 0 Å². The molecule has 31 heavy (non-hydrogen) atoms. The number of carbonyl (C=O) groups is 2. The van der Waals surface area contributed by atoms with Gasteiger partial charge in [0.05, 0.1) is 11.3 Å². The van der Waals surface area contributed by atoms with Gasteiger partial charge in [-0.1, -0.05) is 18.2 Å². The molecule has 4 N–H and O–H groups in total. The van der Waals surface area contributed by atoms with Crippen LogP contribution < -0.4 is 15.8 Å². The second-order valence-corrected chi connectivity index (χ2v) is 8.53. The summed E-state index contributed by atoms with van der Waals surface area (Å²) < 4.78 is 40.8. The topological polar surface area (TPSA) is 118 Å². The predicted molar refractivity (Wildman–Crippen MR) is 116 cm³/mol. The first kappa shape index (κ1) is 22.0. The number of nitrogens with two attached hydrogens (primary N) is 1. The highest BCUT2D eigenvalue weighted by Crippen LogP contribution is 2.20. The lowest BCUT2D eigenvalue weighted by Crippen LogP contribution is -2.18. The molecule has 0 atom stereocenters. The molecule has 0 saturated carbocycles. The van der Waals surface area contributed by atoms with Crippen molar-refractivity contribution in [2.24, 2.45) is 5.73 Å². The third-order valence-corrected chi connectivity index (χ3v) is 5.85. The summed E-state index contributed by atoms with van der Waals surface area (Å²) in [6.07, 6.45) is -0.0139. The molecule has 0 fully saturated rings. The summed E-state index contributed by atoms with van der Waals surface area (Å²) >= 11 is 0. The summed E-state index contributed by atoms with van der Waals surface area (Å²) in [4.78, 5) is 23.7. The van der Waals surface area contributed by atoms with Gasteiger partial charge in [-0.3, -0.25) is 14.3 Å². The molecule has 7 nitrogen and oxygen atoms in total. The number of carbonyl (C=O) groups excluding carboxylic acids is 2. The Morgan fingerprint density at radius 3 is 2.32 bits per heavy atom. The Morgan fingerprint density at radius 2 is 1.68 bits per heavy atom. The van der Waals surface area contributed by atoms with Gasteiger partial charge in [0.1, 0.15) is 5.82 Å². The third kappa shape index (κ3) is 5.46. The third-order valence-electron chi connectivity index (χ3n) is 4.47. The van der Waals surface area contributed by atoms with Crippen molar-refractivity contribution in [2.75, 3.05) is 10.0 Å². The number of halogens is 1. The maximum absolute atomic E-state index is 13.4. The van der Waals surface area contributed by atoms with Gasteiger partial charge < -0.3 is 11.1 Å². The van der Waals surface area contributed by atoms with E-state index in [0.717, 1.165) is 6.07 Å².